The van der Waals surface area contributed by atoms with Crippen molar-refractivity contribution in [3.8, 4) is 0 Å². The third kappa shape index (κ3) is 1.52. The highest BCUT2D eigenvalue weighted by Crippen LogP contribution is 2.17. The van der Waals surface area contributed by atoms with Crippen LogP contribution in [0.2, 0.25) is 0 Å². The van der Waals surface area contributed by atoms with Crippen molar-refractivity contribution < 1.29 is 0 Å². The first-order valence-corrected chi connectivity index (χ1v) is 4.54. The van der Waals surface area contributed by atoms with Crippen molar-refractivity contribution in [3.63, 3.8) is 0 Å². The fourth-order valence-corrected chi connectivity index (χ4v) is 1.44. The molecule has 1 aromatic carbocycles. The first kappa shape index (κ1) is 8.91. The van der Waals surface area contributed by atoms with E-state index in [1.807, 2.05) is 24.3 Å². The van der Waals surface area contributed by atoms with Gasteiger partial charge < -0.3 is 5.73 Å². The van der Waals surface area contributed by atoms with E-state index in [9.17, 15) is 0 Å². The molecular weight excluding hydrogens is 172 g/mol. The molecule has 0 spiro atoms. The fourth-order valence-electron chi connectivity index (χ4n) is 1.44. The van der Waals surface area contributed by atoms with Gasteiger partial charge in [-0.05, 0) is 23.8 Å². The Morgan fingerprint density at radius 3 is 3.00 bits per heavy atom. The molecule has 0 fully saturated rings. The smallest absolute Gasteiger partial charge is 0.0702 e. The standard InChI is InChI=1S/C12H12N2/c1-2-11(13)9-5-6-12-10(8-9)4-3-7-14-12/h2-8,11H,1,13H2/t11-/m1/s1. The summed E-state index contributed by atoms with van der Waals surface area (Å²) in [7, 11) is 0. The van der Waals surface area contributed by atoms with Crippen LogP contribution in [0, 0.1) is 0 Å². The van der Waals surface area contributed by atoms with Crippen molar-refractivity contribution >= 4 is 10.9 Å². The number of benzene rings is 1. The van der Waals surface area contributed by atoms with Crippen LogP contribution < -0.4 is 5.73 Å². The van der Waals surface area contributed by atoms with E-state index in [-0.39, 0.29) is 6.04 Å². The summed E-state index contributed by atoms with van der Waals surface area (Å²) < 4.78 is 0. The highest BCUT2D eigenvalue weighted by atomic mass is 14.6. The van der Waals surface area contributed by atoms with Gasteiger partial charge in [0.2, 0.25) is 0 Å². The Hall–Kier alpha value is -1.67. The third-order valence-corrected chi connectivity index (χ3v) is 2.27. The number of nitrogens with two attached hydrogens (primary N) is 1. The first-order valence-electron chi connectivity index (χ1n) is 4.54. The van der Waals surface area contributed by atoms with Crippen LogP contribution >= 0.6 is 0 Å². The van der Waals surface area contributed by atoms with Gasteiger partial charge in [-0.2, -0.15) is 0 Å². The van der Waals surface area contributed by atoms with Crippen molar-refractivity contribution in [1.82, 2.24) is 4.98 Å². The molecule has 0 aliphatic rings. The summed E-state index contributed by atoms with van der Waals surface area (Å²) in [6.45, 7) is 3.68. The molecule has 2 rings (SSSR count). The van der Waals surface area contributed by atoms with Gasteiger partial charge in [-0.1, -0.05) is 18.2 Å². The van der Waals surface area contributed by atoms with Crippen molar-refractivity contribution in [2.75, 3.05) is 0 Å². The number of hydrogen-bond acceptors (Lipinski definition) is 2. The van der Waals surface area contributed by atoms with Crippen molar-refractivity contribution in [3.05, 3.63) is 54.7 Å². The van der Waals surface area contributed by atoms with Gasteiger partial charge in [0, 0.05) is 17.6 Å². The maximum atomic E-state index is 5.85. The fraction of sp³-hybridized carbons (Fsp3) is 0.0833. The molecule has 70 valence electrons. The highest BCUT2D eigenvalue weighted by molar-refractivity contribution is 5.79. The second kappa shape index (κ2) is 3.60. The molecular formula is C12H12N2. The van der Waals surface area contributed by atoms with Gasteiger partial charge in [-0.25, -0.2) is 0 Å². The summed E-state index contributed by atoms with van der Waals surface area (Å²) in [5.41, 5.74) is 7.91. The molecule has 2 nitrogen and oxygen atoms in total. The Bertz CT molecular complexity index is 463. The average Bonchev–Trinajstić information content (AvgIpc) is 2.27. The third-order valence-electron chi connectivity index (χ3n) is 2.27. The molecule has 0 amide bonds. The minimum Gasteiger partial charge on any atom is -0.321 e. The van der Waals surface area contributed by atoms with Crippen molar-refractivity contribution in [2.45, 2.75) is 6.04 Å². The number of hydrogen-bond donors (Lipinski definition) is 1. The quantitative estimate of drug-likeness (QED) is 0.728. The van der Waals surface area contributed by atoms with Gasteiger partial charge in [0.1, 0.15) is 0 Å². The summed E-state index contributed by atoms with van der Waals surface area (Å²) in [4.78, 5) is 4.24. The zero-order valence-electron chi connectivity index (χ0n) is 7.85. The van der Waals surface area contributed by atoms with Gasteiger partial charge in [-0.3, -0.25) is 4.98 Å². The molecule has 0 aliphatic carbocycles. The minimum absolute atomic E-state index is 0.0976. The molecule has 14 heavy (non-hydrogen) atoms. The lowest BCUT2D eigenvalue weighted by Gasteiger charge is -2.06. The molecule has 2 N–H and O–H groups in total. The Labute approximate surface area is 83.1 Å². The van der Waals surface area contributed by atoms with Crippen LogP contribution in [0.15, 0.2) is 49.2 Å². The zero-order valence-corrected chi connectivity index (χ0v) is 7.85. The van der Waals surface area contributed by atoms with Gasteiger partial charge in [0.25, 0.3) is 0 Å². The van der Waals surface area contributed by atoms with Crippen LogP contribution in [-0.4, -0.2) is 4.98 Å². The summed E-state index contributed by atoms with van der Waals surface area (Å²) in [5, 5.41) is 1.11. The predicted octanol–water partition coefficient (Wildman–Crippen LogP) is 2.42. The normalized spacial score (nSPS) is 12.6. The molecule has 0 saturated heterocycles. The summed E-state index contributed by atoms with van der Waals surface area (Å²) in [6, 6.07) is 9.87. The van der Waals surface area contributed by atoms with E-state index in [1.165, 1.54) is 0 Å². The summed E-state index contributed by atoms with van der Waals surface area (Å²) in [6.07, 6.45) is 3.52. The molecule has 0 aliphatic heterocycles. The summed E-state index contributed by atoms with van der Waals surface area (Å²) >= 11 is 0. The molecule has 0 bridgehead atoms. The van der Waals surface area contributed by atoms with E-state index in [0.717, 1.165) is 16.5 Å². The largest absolute Gasteiger partial charge is 0.321 e. The number of fused-ring (bicyclic) bond motifs is 1. The lowest BCUT2D eigenvalue weighted by Crippen LogP contribution is -2.05. The average molecular weight is 184 g/mol. The number of aromatic nitrogens is 1. The van der Waals surface area contributed by atoms with E-state index in [1.54, 1.807) is 12.3 Å². The maximum absolute atomic E-state index is 5.85. The maximum Gasteiger partial charge on any atom is 0.0702 e. The number of nitrogens with zero attached hydrogens (tertiary/aromatic N) is 1. The van der Waals surface area contributed by atoms with Crippen LogP contribution in [0.3, 0.4) is 0 Å². The topological polar surface area (TPSA) is 38.9 Å². The van der Waals surface area contributed by atoms with Crippen LogP contribution in [0.1, 0.15) is 11.6 Å². The van der Waals surface area contributed by atoms with E-state index >= 15 is 0 Å². The van der Waals surface area contributed by atoms with Crippen molar-refractivity contribution in [2.24, 2.45) is 5.73 Å². The predicted molar refractivity (Wildman–Crippen MR) is 58.9 cm³/mol. The van der Waals surface area contributed by atoms with Crippen molar-refractivity contribution in [1.29, 1.82) is 0 Å². The highest BCUT2D eigenvalue weighted by Gasteiger charge is 2.01. The van der Waals surface area contributed by atoms with E-state index < -0.39 is 0 Å². The molecule has 0 radical (unpaired) electrons. The van der Waals surface area contributed by atoms with E-state index in [2.05, 4.69) is 17.6 Å². The first-order chi connectivity index (χ1) is 6.81. The Kier molecular flexibility index (Phi) is 2.29. The molecule has 0 saturated carbocycles. The SMILES string of the molecule is C=C[C@@H](N)c1ccc2ncccc2c1. The van der Waals surface area contributed by atoms with E-state index in [4.69, 9.17) is 5.73 Å². The number of pyridine rings is 1. The molecule has 2 heteroatoms. The van der Waals surface area contributed by atoms with Crippen LogP contribution in [0.5, 0.6) is 0 Å². The zero-order chi connectivity index (χ0) is 9.97. The van der Waals surface area contributed by atoms with E-state index in [0.29, 0.717) is 0 Å². The van der Waals surface area contributed by atoms with Gasteiger partial charge in [0.05, 0.1) is 5.52 Å². The van der Waals surface area contributed by atoms with Gasteiger partial charge >= 0.3 is 0 Å². The van der Waals surface area contributed by atoms with Crippen LogP contribution in [-0.2, 0) is 0 Å². The number of rotatable bonds is 2. The van der Waals surface area contributed by atoms with Crippen LogP contribution in [0.4, 0.5) is 0 Å². The molecule has 0 unspecified atom stereocenters. The Morgan fingerprint density at radius 1 is 1.36 bits per heavy atom. The van der Waals surface area contributed by atoms with Gasteiger partial charge in [0.15, 0.2) is 0 Å². The Morgan fingerprint density at radius 2 is 2.21 bits per heavy atom. The lowest BCUT2D eigenvalue weighted by atomic mass is 10.1. The second-order valence-electron chi connectivity index (χ2n) is 3.22. The second-order valence-corrected chi connectivity index (χ2v) is 3.22. The molecule has 1 aromatic heterocycles. The monoisotopic (exact) mass is 184 g/mol. The molecule has 1 atom stereocenters. The molecule has 1 heterocycles. The summed E-state index contributed by atoms with van der Waals surface area (Å²) in [5.74, 6) is 0. The van der Waals surface area contributed by atoms with Crippen LogP contribution in [0.25, 0.3) is 10.9 Å². The molecule has 2 aromatic rings. The minimum atomic E-state index is -0.0976. The lowest BCUT2D eigenvalue weighted by molar-refractivity contribution is 0.916. The van der Waals surface area contributed by atoms with Gasteiger partial charge in [-0.15, -0.1) is 6.58 Å². The Balaban J connectivity index is 2.56.